The standard InChI is InChI=1S/C15H16F3N3O4S/c1-9-14(10(2)25-21-9)26(23,24)19-8-7-13(22)20-12-6-4-3-5-11(12)15(16,17)18/h3-6,19H,7-8H2,1-2H3,(H,20,22). The second-order valence-electron chi connectivity index (χ2n) is 5.39. The van der Waals surface area contributed by atoms with Gasteiger partial charge in [-0.3, -0.25) is 4.79 Å². The molecule has 26 heavy (non-hydrogen) atoms. The van der Waals surface area contributed by atoms with Gasteiger partial charge in [-0.2, -0.15) is 13.2 Å². The summed E-state index contributed by atoms with van der Waals surface area (Å²) in [6.45, 7) is 2.58. The number of hydrogen-bond donors (Lipinski definition) is 2. The van der Waals surface area contributed by atoms with E-state index in [2.05, 4.69) is 15.2 Å². The summed E-state index contributed by atoms with van der Waals surface area (Å²) in [6.07, 6.45) is -4.97. The van der Waals surface area contributed by atoms with E-state index in [0.717, 1.165) is 12.1 Å². The molecule has 2 aromatic rings. The molecule has 1 heterocycles. The molecule has 0 spiro atoms. The zero-order valence-corrected chi connectivity index (χ0v) is 14.7. The van der Waals surface area contributed by atoms with Gasteiger partial charge in [0.15, 0.2) is 5.76 Å². The first-order valence-electron chi connectivity index (χ1n) is 7.41. The van der Waals surface area contributed by atoms with E-state index >= 15 is 0 Å². The van der Waals surface area contributed by atoms with Crippen molar-refractivity contribution in [2.75, 3.05) is 11.9 Å². The number of para-hydroxylation sites is 1. The summed E-state index contributed by atoms with van der Waals surface area (Å²) in [6, 6.07) is 4.52. The molecule has 0 bridgehead atoms. The maximum Gasteiger partial charge on any atom is 0.418 e. The third-order valence-corrected chi connectivity index (χ3v) is 5.09. The molecule has 0 radical (unpaired) electrons. The van der Waals surface area contributed by atoms with Crippen LogP contribution in [0.4, 0.5) is 18.9 Å². The lowest BCUT2D eigenvalue weighted by molar-refractivity contribution is -0.137. The molecule has 0 atom stereocenters. The summed E-state index contributed by atoms with van der Waals surface area (Å²) >= 11 is 0. The van der Waals surface area contributed by atoms with Crippen molar-refractivity contribution in [1.82, 2.24) is 9.88 Å². The molecular formula is C15H16F3N3O4S. The van der Waals surface area contributed by atoms with Gasteiger partial charge in [-0.1, -0.05) is 17.3 Å². The average molecular weight is 391 g/mol. The van der Waals surface area contributed by atoms with Crippen LogP contribution in [-0.2, 0) is 21.0 Å². The number of benzene rings is 1. The first kappa shape index (κ1) is 19.9. The van der Waals surface area contributed by atoms with Gasteiger partial charge in [-0.05, 0) is 26.0 Å². The summed E-state index contributed by atoms with van der Waals surface area (Å²) in [7, 11) is -3.94. The van der Waals surface area contributed by atoms with E-state index in [9.17, 15) is 26.4 Å². The topological polar surface area (TPSA) is 101 Å². The van der Waals surface area contributed by atoms with E-state index in [1.807, 2.05) is 0 Å². The fourth-order valence-electron chi connectivity index (χ4n) is 2.28. The van der Waals surface area contributed by atoms with Crippen molar-refractivity contribution in [2.45, 2.75) is 31.3 Å². The van der Waals surface area contributed by atoms with E-state index in [1.165, 1.54) is 26.0 Å². The number of sulfonamides is 1. The van der Waals surface area contributed by atoms with Crippen molar-refractivity contribution in [3.05, 3.63) is 41.3 Å². The molecule has 7 nitrogen and oxygen atoms in total. The van der Waals surface area contributed by atoms with Crippen molar-refractivity contribution in [3.8, 4) is 0 Å². The lowest BCUT2D eigenvalue weighted by Crippen LogP contribution is -2.28. The molecule has 142 valence electrons. The summed E-state index contributed by atoms with van der Waals surface area (Å²) in [5.41, 5.74) is -1.21. The predicted molar refractivity (Wildman–Crippen MR) is 85.9 cm³/mol. The SMILES string of the molecule is Cc1noc(C)c1S(=O)(=O)NCCC(=O)Nc1ccccc1C(F)(F)F. The van der Waals surface area contributed by atoms with E-state index in [4.69, 9.17) is 4.52 Å². The monoisotopic (exact) mass is 391 g/mol. The van der Waals surface area contributed by atoms with Gasteiger partial charge in [0, 0.05) is 13.0 Å². The molecule has 2 N–H and O–H groups in total. The number of anilines is 1. The number of halogens is 3. The minimum Gasteiger partial charge on any atom is -0.360 e. The normalized spacial score (nSPS) is 12.2. The highest BCUT2D eigenvalue weighted by Crippen LogP contribution is 2.34. The third kappa shape index (κ3) is 4.61. The van der Waals surface area contributed by atoms with Gasteiger partial charge in [-0.25, -0.2) is 13.1 Å². The Balaban J connectivity index is 1.99. The molecular weight excluding hydrogens is 375 g/mol. The van der Waals surface area contributed by atoms with Gasteiger partial charge in [0.25, 0.3) is 0 Å². The maximum absolute atomic E-state index is 12.9. The Labute approximate surface area is 147 Å². The Morgan fingerprint density at radius 1 is 1.23 bits per heavy atom. The number of amides is 1. The molecule has 1 amide bonds. The van der Waals surface area contributed by atoms with Crippen LogP contribution in [0.2, 0.25) is 0 Å². The Bertz CT molecular complexity index is 888. The number of hydrogen-bond acceptors (Lipinski definition) is 5. The maximum atomic E-state index is 12.9. The van der Waals surface area contributed by atoms with Crippen LogP contribution in [0.15, 0.2) is 33.7 Å². The fraction of sp³-hybridized carbons (Fsp3) is 0.333. The zero-order chi connectivity index (χ0) is 19.5. The summed E-state index contributed by atoms with van der Waals surface area (Å²) in [5.74, 6) is -0.665. The number of alkyl halides is 3. The minimum absolute atomic E-state index is 0.0959. The second-order valence-corrected chi connectivity index (χ2v) is 7.10. The van der Waals surface area contributed by atoms with Crippen LogP contribution in [0.5, 0.6) is 0 Å². The van der Waals surface area contributed by atoms with Crippen LogP contribution in [0, 0.1) is 13.8 Å². The number of carbonyl (C=O) groups is 1. The molecule has 0 unspecified atom stereocenters. The lowest BCUT2D eigenvalue weighted by atomic mass is 10.1. The van der Waals surface area contributed by atoms with Crippen LogP contribution >= 0.6 is 0 Å². The summed E-state index contributed by atoms with van der Waals surface area (Å²) in [4.78, 5) is 11.7. The first-order chi connectivity index (χ1) is 12.0. The van der Waals surface area contributed by atoms with E-state index < -0.39 is 33.4 Å². The van der Waals surface area contributed by atoms with Crippen LogP contribution in [0.3, 0.4) is 0 Å². The lowest BCUT2D eigenvalue weighted by Gasteiger charge is -2.13. The largest absolute Gasteiger partial charge is 0.418 e. The van der Waals surface area contributed by atoms with Crippen LogP contribution < -0.4 is 10.0 Å². The Morgan fingerprint density at radius 3 is 2.46 bits per heavy atom. The van der Waals surface area contributed by atoms with Gasteiger partial charge >= 0.3 is 6.18 Å². The third-order valence-electron chi connectivity index (χ3n) is 3.39. The minimum atomic E-state index is -4.62. The van der Waals surface area contributed by atoms with E-state index in [-0.39, 0.29) is 29.3 Å². The van der Waals surface area contributed by atoms with Gasteiger partial charge in [0.05, 0.1) is 11.3 Å². The highest BCUT2D eigenvalue weighted by Gasteiger charge is 2.33. The van der Waals surface area contributed by atoms with Crippen molar-refractivity contribution in [3.63, 3.8) is 0 Å². The highest BCUT2D eigenvalue weighted by molar-refractivity contribution is 7.89. The fourth-order valence-corrected chi connectivity index (χ4v) is 3.64. The Hall–Kier alpha value is -2.40. The van der Waals surface area contributed by atoms with Crippen LogP contribution in [0.25, 0.3) is 0 Å². The number of carbonyl (C=O) groups excluding carboxylic acids is 1. The van der Waals surface area contributed by atoms with Gasteiger partial charge < -0.3 is 9.84 Å². The first-order valence-corrected chi connectivity index (χ1v) is 8.89. The van der Waals surface area contributed by atoms with Crippen molar-refractivity contribution in [2.24, 2.45) is 0 Å². The summed E-state index contributed by atoms with van der Waals surface area (Å²) < 4.78 is 70.0. The molecule has 0 aliphatic carbocycles. The van der Waals surface area contributed by atoms with E-state index in [0.29, 0.717) is 0 Å². The number of aromatic nitrogens is 1. The van der Waals surface area contributed by atoms with Gasteiger partial charge in [0.1, 0.15) is 10.6 Å². The van der Waals surface area contributed by atoms with Crippen LogP contribution in [-0.4, -0.2) is 26.0 Å². The second kappa shape index (κ2) is 7.46. The number of aryl methyl sites for hydroxylation is 2. The Morgan fingerprint density at radius 2 is 1.88 bits per heavy atom. The average Bonchev–Trinajstić information content (AvgIpc) is 2.86. The molecule has 1 aromatic heterocycles. The zero-order valence-electron chi connectivity index (χ0n) is 13.8. The van der Waals surface area contributed by atoms with Gasteiger partial charge in [-0.15, -0.1) is 0 Å². The van der Waals surface area contributed by atoms with Crippen molar-refractivity contribution < 1.29 is 30.9 Å². The van der Waals surface area contributed by atoms with Gasteiger partial charge in [0.2, 0.25) is 15.9 Å². The Kier molecular flexibility index (Phi) is 5.71. The smallest absolute Gasteiger partial charge is 0.360 e. The quantitative estimate of drug-likeness (QED) is 0.788. The number of rotatable bonds is 6. The van der Waals surface area contributed by atoms with Crippen molar-refractivity contribution >= 4 is 21.6 Å². The van der Waals surface area contributed by atoms with E-state index in [1.54, 1.807) is 0 Å². The summed E-state index contributed by atoms with van der Waals surface area (Å²) in [5, 5.41) is 5.67. The molecule has 0 aliphatic rings. The molecule has 0 aliphatic heterocycles. The molecule has 1 aromatic carbocycles. The molecule has 0 saturated carbocycles. The molecule has 2 rings (SSSR count). The molecule has 0 fully saturated rings. The number of nitrogens with one attached hydrogen (secondary N) is 2. The number of nitrogens with zero attached hydrogens (tertiary/aromatic N) is 1. The van der Waals surface area contributed by atoms with Crippen LogP contribution in [0.1, 0.15) is 23.4 Å². The molecule has 0 saturated heterocycles. The molecule has 11 heteroatoms. The highest BCUT2D eigenvalue weighted by atomic mass is 32.2. The van der Waals surface area contributed by atoms with Crippen molar-refractivity contribution in [1.29, 1.82) is 0 Å². The predicted octanol–water partition coefficient (Wildman–Crippen LogP) is 2.62.